The molecular formula is C26H36N6O2. The molecule has 3 fully saturated rings. The topological polar surface area (TPSA) is 65.0 Å². The number of anilines is 1. The van der Waals surface area contributed by atoms with Crippen molar-refractivity contribution in [3.63, 3.8) is 0 Å². The summed E-state index contributed by atoms with van der Waals surface area (Å²) < 4.78 is 5.35. The molecule has 0 atom stereocenters. The lowest BCUT2D eigenvalue weighted by Crippen LogP contribution is -2.56. The molecule has 1 aromatic carbocycles. The first kappa shape index (κ1) is 23.1. The van der Waals surface area contributed by atoms with Gasteiger partial charge in [0.2, 0.25) is 5.91 Å². The number of methoxy groups -OCH3 is 1. The van der Waals surface area contributed by atoms with E-state index in [1.807, 2.05) is 31.2 Å². The van der Waals surface area contributed by atoms with Crippen LogP contribution in [0.5, 0.6) is 5.75 Å². The minimum absolute atomic E-state index is 0.278. The summed E-state index contributed by atoms with van der Waals surface area (Å²) in [5.74, 6) is 2.05. The maximum Gasteiger partial charge on any atom is 0.236 e. The van der Waals surface area contributed by atoms with Crippen LogP contribution in [0, 0.1) is 6.92 Å². The number of hydrogen-bond acceptors (Lipinski definition) is 7. The quantitative estimate of drug-likeness (QED) is 0.650. The normalized spacial score (nSPS) is 20.3. The van der Waals surface area contributed by atoms with Crippen LogP contribution in [-0.4, -0.2) is 103 Å². The van der Waals surface area contributed by atoms with Crippen molar-refractivity contribution in [3.05, 3.63) is 35.9 Å². The molecule has 5 rings (SSSR count). The molecule has 1 aromatic heterocycles. The van der Waals surface area contributed by atoms with Crippen molar-refractivity contribution in [2.45, 2.75) is 32.2 Å². The van der Waals surface area contributed by atoms with Gasteiger partial charge >= 0.3 is 0 Å². The summed E-state index contributed by atoms with van der Waals surface area (Å²) >= 11 is 0. The molecule has 182 valence electrons. The summed E-state index contributed by atoms with van der Waals surface area (Å²) in [6, 6.07) is 10.9. The number of nitrogens with zero attached hydrogens (tertiary/aromatic N) is 6. The molecule has 3 heterocycles. The average molecular weight is 465 g/mol. The predicted molar refractivity (Wildman–Crippen MR) is 133 cm³/mol. The zero-order valence-corrected chi connectivity index (χ0v) is 20.4. The van der Waals surface area contributed by atoms with Gasteiger partial charge in [-0.15, -0.1) is 10.2 Å². The van der Waals surface area contributed by atoms with Gasteiger partial charge < -0.3 is 14.5 Å². The molecule has 8 nitrogen and oxygen atoms in total. The van der Waals surface area contributed by atoms with Crippen molar-refractivity contribution in [2.24, 2.45) is 0 Å². The highest BCUT2D eigenvalue weighted by molar-refractivity contribution is 5.78. The lowest BCUT2D eigenvalue weighted by atomic mass is 9.91. The van der Waals surface area contributed by atoms with E-state index in [-0.39, 0.29) is 5.91 Å². The van der Waals surface area contributed by atoms with Crippen LogP contribution in [0.4, 0.5) is 5.82 Å². The Balaban J connectivity index is 1.09. The molecule has 1 aliphatic carbocycles. The molecule has 0 N–H and O–H groups in total. The Kier molecular flexibility index (Phi) is 6.97. The van der Waals surface area contributed by atoms with E-state index in [1.54, 1.807) is 7.11 Å². The molecule has 1 amide bonds. The van der Waals surface area contributed by atoms with Crippen LogP contribution in [0.1, 0.15) is 24.8 Å². The molecule has 2 saturated heterocycles. The van der Waals surface area contributed by atoms with Gasteiger partial charge in [-0.25, -0.2) is 0 Å². The van der Waals surface area contributed by atoms with Crippen molar-refractivity contribution < 1.29 is 9.53 Å². The van der Waals surface area contributed by atoms with E-state index in [2.05, 4.69) is 35.9 Å². The molecule has 0 spiro atoms. The summed E-state index contributed by atoms with van der Waals surface area (Å²) in [6.07, 6.45) is 4.05. The maximum absolute atomic E-state index is 12.8. The lowest BCUT2D eigenvalue weighted by molar-refractivity contribution is -0.134. The minimum Gasteiger partial charge on any atom is -0.496 e. The number of hydrogen-bond donors (Lipinski definition) is 0. The smallest absolute Gasteiger partial charge is 0.236 e. The summed E-state index contributed by atoms with van der Waals surface area (Å²) in [5, 5.41) is 8.96. The van der Waals surface area contributed by atoms with Crippen LogP contribution < -0.4 is 9.64 Å². The lowest BCUT2D eigenvalue weighted by Gasteiger charge is -2.43. The second kappa shape index (κ2) is 10.3. The third-order valence-electron chi connectivity index (χ3n) is 7.65. The number of aryl methyl sites for hydroxylation is 1. The number of carbonyl (C=O) groups excluding carboxylic acids is 1. The number of rotatable bonds is 6. The molecule has 0 radical (unpaired) electrons. The van der Waals surface area contributed by atoms with Crippen LogP contribution in [-0.2, 0) is 4.79 Å². The van der Waals surface area contributed by atoms with Crippen molar-refractivity contribution in [1.29, 1.82) is 0 Å². The standard InChI is InChI=1S/C26H36N6O2/c1-20-18-21(6-8-24(20)34-2)23-7-9-25(28-27-23)31-12-10-29(11-13-31)19-26(33)32-16-14-30(15-17-32)22-4-3-5-22/h6-9,18,22H,3-5,10-17,19H2,1-2H3. The Morgan fingerprint density at radius 3 is 2.32 bits per heavy atom. The summed E-state index contributed by atoms with van der Waals surface area (Å²) in [5.41, 5.74) is 2.97. The zero-order chi connectivity index (χ0) is 23.5. The Morgan fingerprint density at radius 2 is 1.74 bits per heavy atom. The predicted octanol–water partition coefficient (Wildman–Crippen LogP) is 2.28. The fraction of sp³-hybridized carbons (Fsp3) is 0.577. The van der Waals surface area contributed by atoms with Gasteiger partial charge in [-0.3, -0.25) is 14.6 Å². The number of piperazine rings is 2. The Bertz CT molecular complexity index is 977. The zero-order valence-electron chi connectivity index (χ0n) is 20.4. The van der Waals surface area contributed by atoms with Gasteiger partial charge in [0.25, 0.3) is 0 Å². The van der Waals surface area contributed by atoms with Gasteiger partial charge in [0.1, 0.15) is 5.75 Å². The van der Waals surface area contributed by atoms with Crippen LogP contribution in [0.2, 0.25) is 0 Å². The molecule has 2 aromatic rings. The number of ether oxygens (including phenoxy) is 1. The molecule has 0 unspecified atom stereocenters. The van der Waals surface area contributed by atoms with E-state index in [1.165, 1.54) is 19.3 Å². The van der Waals surface area contributed by atoms with Gasteiger partial charge in [-0.2, -0.15) is 0 Å². The Morgan fingerprint density at radius 1 is 0.971 bits per heavy atom. The first-order valence-electron chi connectivity index (χ1n) is 12.6. The fourth-order valence-electron chi connectivity index (χ4n) is 5.20. The second-order valence-electron chi connectivity index (χ2n) is 9.73. The summed E-state index contributed by atoms with van der Waals surface area (Å²) in [6.45, 7) is 9.85. The van der Waals surface area contributed by atoms with Crippen molar-refractivity contribution in [3.8, 4) is 17.0 Å². The number of carbonyl (C=O) groups is 1. The molecule has 3 aliphatic rings. The van der Waals surface area contributed by atoms with Crippen molar-refractivity contribution in [1.82, 2.24) is 24.9 Å². The van der Waals surface area contributed by atoms with E-state index in [9.17, 15) is 4.79 Å². The average Bonchev–Trinajstić information content (AvgIpc) is 2.84. The van der Waals surface area contributed by atoms with Crippen LogP contribution in [0.15, 0.2) is 30.3 Å². The SMILES string of the molecule is COc1ccc(-c2ccc(N3CCN(CC(=O)N4CCN(C5CCC5)CC4)CC3)nn2)cc1C. The van der Waals surface area contributed by atoms with Gasteiger partial charge in [0, 0.05) is 64.0 Å². The number of aromatic nitrogens is 2. The summed E-state index contributed by atoms with van der Waals surface area (Å²) in [4.78, 5) is 22.0. The molecule has 8 heteroatoms. The van der Waals surface area contributed by atoms with E-state index >= 15 is 0 Å². The summed E-state index contributed by atoms with van der Waals surface area (Å²) in [7, 11) is 1.68. The first-order chi connectivity index (χ1) is 16.6. The molecular weight excluding hydrogens is 428 g/mol. The molecule has 2 aliphatic heterocycles. The maximum atomic E-state index is 12.8. The van der Waals surface area contributed by atoms with E-state index < -0.39 is 0 Å². The van der Waals surface area contributed by atoms with Crippen LogP contribution in [0.25, 0.3) is 11.3 Å². The molecule has 34 heavy (non-hydrogen) atoms. The van der Waals surface area contributed by atoms with Crippen LogP contribution in [0.3, 0.4) is 0 Å². The van der Waals surface area contributed by atoms with Gasteiger partial charge in [-0.1, -0.05) is 6.42 Å². The Labute approximate surface area is 202 Å². The number of benzene rings is 1. The highest BCUT2D eigenvalue weighted by Crippen LogP contribution is 2.26. The van der Waals surface area contributed by atoms with E-state index in [0.717, 1.165) is 86.8 Å². The fourth-order valence-corrected chi connectivity index (χ4v) is 5.20. The molecule has 0 bridgehead atoms. The molecule has 1 saturated carbocycles. The first-order valence-corrected chi connectivity index (χ1v) is 12.6. The van der Waals surface area contributed by atoms with Crippen LogP contribution >= 0.6 is 0 Å². The minimum atomic E-state index is 0.278. The largest absolute Gasteiger partial charge is 0.496 e. The Hall–Kier alpha value is -2.71. The van der Waals surface area contributed by atoms with Crippen molar-refractivity contribution in [2.75, 3.05) is 70.9 Å². The number of amides is 1. The van der Waals surface area contributed by atoms with Crippen molar-refractivity contribution >= 4 is 11.7 Å². The van der Waals surface area contributed by atoms with E-state index in [0.29, 0.717) is 6.54 Å². The highest BCUT2D eigenvalue weighted by atomic mass is 16.5. The third-order valence-corrected chi connectivity index (χ3v) is 7.65. The van der Waals surface area contributed by atoms with Gasteiger partial charge in [-0.05, 0) is 55.7 Å². The highest BCUT2D eigenvalue weighted by Gasteiger charge is 2.30. The second-order valence-corrected chi connectivity index (χ2v) is 9.73. The van der Waals surface area contributed by atoms with E-state index in [4.69, 9.17) is 4.74 Å². The van der Waals surface area contributed by atoms with Gasteiger partial charge in [0.15, 0.2) is 5.82 Å². The van der Waals surface area contributed by atoms with Gasteiger partial charge in [0.05, 0.1) is 19.3 Å². The monoisotopic (exact) mass is 464 g/mol. The third kappa shape index (κ3) is 5.03.